The number of hydrogen-bond donors (Lipinski definition) is 2. The van der Waals surface area contributed by atoms with Crippen LogP contribution >= 0.6 is 0 Å². The molecule has 4 rings (SSSR count). The highest BCUT2D eigenvalue weighted by atomic mass is 16.5. The number of furan rings is 1. The van der Waals surface area contributed by atoms with Gasteiger partial charge in [-0.25, -0.2) is 4.79 Å². The Hall–Kier alpha value is -4.40. The third kappa shape index (κ3) is 5.89. The van der Waals surface area contributed by atoms with Gasteiger partial charge >= 0.3 is 6.03 Å². The van der Waals surface area contributed by atoms with E-state index in [4.69, 9.17) is 8.94 Å². The van der Waals surface area contributed by atoms with E-state index in [1.807, 2.05) is 31.2 Å². The minimum absolute atomic E-state index is 0.207. The summed E-state index contributed by atoms with van der Waals surface area (Å²) >= 11 is 0. The van der Waals surface area contributed by atoms with E-state index in [0.29, 0.717) is 48.1 Å². The summed E-state index contributed by atoms with van der Waals surface area (Å²) < 4.78 is 10.6. The van der Waals surface area contributed by atoms with E-state index < -0.39 is 0 Å². The van der Waals surface area contributed by atoms with Crippen molar-refractivity contribution in [2.75, 3.05) is 18.9 Å². The molecule has 2 heterocycles. The number of benzene rings is 2. The quantitative estimate of drug-likeness (QED) is 0.407. The van der Waals surface area contributed by atoms with Gasteiger partial charge in [-0.05, 0) is 55.5 Å². The molecule has 0 atom stereocenters. The highest BCUT2D eigenvalue weighted by molar-refractivity contribution is 5.94. The predicted octanol–water partition coefficient (Wildman–Crippen LogP) is 4.27. The van der Waals surface area contributed by atoms with Crippen molar-refractivity contribution in [3.8, 4) is 11.5 Å². The molecule has 0 aliphatic rings. The largest absolute Gasteiger partial charge is 0.467 e. The van der Waals surface area contributed by atoms with Gasteiger partial charge in [-0.15, -0.1) is 0 Å². The normalized spacial score (nSPS) is 10.6. The van der Waals surface area contributed by atoms with Crippen molar-refractivity contribution in [2.24, 2.45) is 0 Å². The lowest BCUT2D eigenvalue weighted by molar-refractivity contribution is 0.0948. The Bertz CT molecular complexity index is 1230. The Morgan fingerprint density at radius 2 is 1.79 bits per heavy atom. The number of likely N-dealkylation sites (N-methyl/N-ethyl adjacent to an activating group) is 1. The van der Waals surface area contributed by atoms with Crippen molar-refractivity contribution in [3.63, 3.8) is 0 Å². The molecule has 3 amide bonds. The van der Waals surface area contributed by atoms with Crippen molar-refractivity contribution in [3.05, 3.63) is 89.6 Å². The molecule has 9 nitrogen and oxygen atoms in total. The summed E-state index contributed by atoms with van der Waals surface area (Å²) in [6.07, 6.45) is 2.00. The zero-order valence-electron chi connectivity index (χ0n) is 18.9. The molecule has 2 aromatic carbocycles. The van der Waals surface area contributed by atoms with Gasteiger partial charge in [-0.2, -0.15) is 4.98 Å². The van der Waals surface area contributed by atoms with E-state index in [9.17, 15) is 9.59 Å². The van der Waals surface area contributed by atoms with Crippen LogP contribution in [-0.2, 0) is 13.0 Å². The van der Waals surface area contributed by atoms with E-state index >= 15 is 0 Å². The van der Waals surface area contributed by atoms with Crippen molar-refractivity contribution in [2.45, 2.75) is 19.9 Å². The first-order valence-corrected chi connectivity index (χ1v) is 10.8. The standard InChI is InChI=1S/C25H25N5O4/c1-17-5-11-20(12-6-17)27-25(32)30(2)14-13-22-28-24(34-29-22)19-9-7-18(8-10-19)23(31)26-16-21-4-3-15-33-21/h3-12,15H,13-14,16H2,1-2H3,(H,26,31)(H,27,32). The molecule has 9 heteroatoms. The number of urea groups is 1. The Morgan fingerprint density at radius 3 is 2.50 bits per heavy atom. The SMILES string of the molecule is Cc1ccc(NC(=O)N(C)CCc2noc(-c3ccc(C(=O)NCc4ccco4)cc3)n2)cc1. The Kier molecular flexibility index (Phi) is 7.02. The Morgan fingerprint density at radius 1 is 1.03 bits per heavy atom. The topological polar surface area (TPSA) is 114 Å². The summed E-state index contributed by atoms with van der Waals surface area (Å²) in [5.74, 6) is 1.32. The van der Waals surface area contributed by atoms with Crippen molar-refractivity contribution < 1.29 is 18.5 Å². The molecule has 0 radical (unpaired) electrons. The summed E-state index contributed by atoms with van der Waals surface area (Å²) in [5.41, 5.74) is 3.08. The number of aromatic nitrogens is 2. The molecule has 0 fully saturated rings. The van der Waals surface area contributed by atoms with Gasteiger partial charge in [0.15, 0.2) is 5.82 Å². The Balaban J connectivity index is 1.28. The lowest BCUT2D eigenvalue weighted by Crippen LogP contribution is -2.33. The van der Waals surface area contributed by atoms with Crippen LogP contribution in [0.25, 0.3) is 11.5 Å². The number of aryl methyl sites for hydroxylation is 1. The van der Waals surface area contributed by atoms with Crippen molar-refractivity contribution in [1.29, 1.82) is 0 Å². The van der Waals surface area contributed by atoms with Crippen LogP contribution in [0.15, 0.2) is 75.9 Å². The van der Waals surface area contributed by atoms with Gasteiger partial charge in [0.2, 0.25) is 0 Å². The third-order valence-electron chi connectivity index (χ3n) is 5.19. The molecule has 4 aromatic rings. The molecular formula is C25H25N5O4. The summed E-state index contributed by atoms with van der Waals surface area (Å²) in [6.45, 7) is 2.73. The van der Waals surface area contributed by atoms with Gasteiger partial charge in [0.05, 0.1) is 12.8 Å². The lowest BCUT2D eigenvalue weighted by Gasteiger charge is -2.17. The van der Waals surface area contributed by atoms with Crippen LogP contribution < -0.4 is 10.6 Å². The monoisotopic (exact) mass is 459 g/mol. The zero-order valence-corrected chi connectivity index (χ0v) is 18.9. The van der Waals surface area contributed by atoms with Gasteiger partial charge < -0.3 is 24.5 Å². The summed E-state index contributed by atoms with van der Waals surface area (Å²) in [4.78, 5) is 30.6. The third-order valence-corrected chi connectivity index (χ3v) is 5.19. The molecule has 0 aliphatic carbocycles. The van der Waals surface area contributed by atoms with Crippen LogP contribution in [0.5, 0.6) is 0 Å². The maximum absolute atomic E-state index is 12.4. The molecule has 2 N–H and O–H groups in total. The number of hydrogen-bond acceptors (Lipinski definition) is 6. The fourth-order valence-electron chi connectivity index (χ4n) is 3.14. The van der Waals surface area contributed by atoms with E-state index in [0.717, 1.165) is 11.3 Å². The van der Waals surface area contributed by atoms with Gasteiger partial charge in [0.25, 0.3) is 11.8 Å². The Labute approximate surface area is 196 Å². The molecule has 0 aliphatic heterocycles. The van der Waals surface area contributed by atoms with Crippen LogP contribution in [0.4, 0.5) is 10.5 Å². The minimum Gasteiger partial charge on any atom is -0.467 e. The molecule has 34 heavy (non-hydrogen) atoms. The van der Waals surface area contributed by atoms with E-state index in [-0.39, 0.29) is 11.9 Å². The molecular weight excluding hydrogens is 434 g/mol. The maximum atomic E-state index is 12.4. The molecule has 2 aromatic heterocycles. The minimum atomic E-state index is -0.214. The number of nitrogens with zero attached hydrogens (tertiary/aromatic N) is 3. The average Bonchev–Trinajstić information content (AvgIpc) is 3.55. The average molecular weight is 460 g/mol. The van der Waals surface area contributed by atoms with Crippen LogP contribution in [-0.4, -0.2) is 40.6 Å². The smallest absolute Gasteiger partial charge is 0.321 e. The lowest BCUT2D eigenvalue weighted by atomic mass is 10.1. The first-order chi connectivity index (χ1) is 16.5. The summed E-state index contributed by atoms with van der Waals surface area (Å²) in [7, 11) is 1.71. The summed E-state index contributed by atoms with van der Waals surface area (Å²) in [6, 6.07) is 17.8. The highest BCUT2D eigenvalue weighted by Gasteiger charge is 2.14. The zero-order chi connectivity index (χ0) is 23.9. The van der Waals surface area contributed by atoms with Crippen LogP contribution in [0, 0.1) is 6.92 Å². The first-order valence-electron chi connectivity index (χ1n) is 10.8. The number of nitrogens with one attached hydrogen (secondary N) is 2. The van der Waals surface area contributed by atoms with Crippen molar-refractivity contribution >= 4 is 17.6 Å². The number of amides is 3. The first kappa shape index (κ1) is 22.8. The van der Waals surface area contributed by atoms with Gasteiger partial charge in [0, 0.05) is 36.8 Å². The van der Waals surface area contributed by atoms with E-state index in [1.54, 1.807) is 54.6 Å². The molecule has 0 saturated heterocycles. The second kappa shape index (κ2) is 10.5. The summed E-state index contributed by atoms with van der Waals surface area (Å²) in [5, 5.41) is 9.65. The highest BCUT2D eigenvalue weighted by Crippen LogP contribution is 2.18. The number of anilines is 1. The van der Waals surface area contributed by atoms with Crippen LogP contribution in [0.1, 0.15) is 27.5 Å². The molecule has 0 unspecified atom stereocenters. The van der Waals surface area contributed by atoms with Gasteiger partial charge in [0.1, 0.15) is 5.76 Å². The fraction of sp³-hybridized carbons (Fsp3) is 0.200. The van der Waals surface area contributed by atoms with E-state index in [1.165, 1.54) is 0 Å². The fourth-order valence-corrected chi connectivity index (χ4v) is 3.14. The second-order valence-electron chi connectivity index (χ2n) is 7.82. The molecule has 0 saturated carbocycles. The maximum Gasteiger partial charge on any atom is 0.321 e. The second-order valence-corrected chi connectivity index (χ2v) is 7.82. The predicted molar refractivity (Wildman–Crippen MR) is 126 cm³/mol. The van der Waals surface area contributed by atoms with Crippen molar-refractivity contribution in [1.82, 2.24) is 20.4 Å². The van der Waals surface area contributed by atoms with Crippen LogP contribution in [0.2, 0.25) is 0 Å². The van der Waals surface area contributed by atoms with Gasteiger partial charge in [-0.3, -0.25) is 4.79 Å². The molecule has 174 valence electrons. The number of carbonyl (C=O) groups is 2. The van der Waals surface area contributed by atoms with E-state index in [2.05, 4.69) is 20.8 Å². The molecule has 0 bridgehead atoms. The van der Waals surface area contributed by atoms with Crippen LogP contribution in [0.3, 0.4) is 0 Å². The number of rotatable bonds is 8. The van der Waals surface area contributed by atoms with Gasteiger partial charge in [-0.1, -0.05) is 22.9 Å². The number of carbonyl (C=O) groups excluding carboxylic acids is 2. The molecule has 0 spiro atoms.